The number of benzene rings is 2. The van der Waals surface area contributed by atoms with Gasteiger partial charge in [-0.1, -0.05) is 24.3 Å². The van der Waals surface area contributed by atoms with Crippen molar-refractivity contribution in [3.8, 4) is 11.5 Å². The van der Waals surface area contributed by atoms with Crippen molar-refractivity contribution >= 4 is 17.6 Å². The SMILES string of the molecule is COc1cccc([C@@H]2CC(=O)N(c3cccc(C)c3)C3=C2C(=O)OC3)c1OC. The van der Waals surface area contributed by atoms with Crippen LogP contribution in [0.5, 0.6) is 11.5 Å². The molecule has 144 valence electrons. The van der Waals surface area contributed by atoms with Gasteiger partial charge in [-0.15, -0.1) is 0 Å². The van der Waals surface area contributed by atoms with Crippen LogP contribution in [0, 0.1) is 6.92 Å². The normalized spacial score (nSPS) is 18.8. The average Bonchev–Trinajstić information content (AvgIpc) is 3.08. The fourth-order valence-corrected chi connectivity index (χ4v) is 3.97. The number of anilines is 1. The molecule has 1 atom stereocenters. The van der Waals surface area contributed by atoms with E-state index in [4.69, 9.17) is 14.2 Å². The smallest absolute Gasteiger partial charge is 0.336 e. The molecular formula is C22H21NO5. The fraction of sp³-hybridized carbons (Fsp3) is 0.273. The van der Waals surface area contributed by atoms with Crippen LogP contribution in [0.2, 0.25) is 0 Å². The number of methoxy groups -OCH3 is 2. The first-order valence-corrected chi connectivity index (χ1v) is 9.05. The number of para-hydroxylation sites is 1. The molecule has 1 amide bonds. The maximum Gasteiger partial charge on any atom is 0.336 e. The first-order chi connectivity index (χ1) is 13.5. The lowest BCUT2D eigenvalue weighted by molar-refractivity contribution is -0.136. The lowest BCUT2D eigenvalue weighted by atomic mass is 9.83. The van der Waals surface area contributed by atoms with Crippen molar-refractivity contribution in [3.05, 3.63) is 64.9 Å². The summed E-state index contributed by atoms with van der Waals surface area (Å²) >= 11 is 0. The molecule has 0 fully saturated rings. The number of esters is 1. The number of hydrogen-bond donors (Lipinski definition) is 0. The van der Waals surface area contributed by atoms with Crippen molar-refractivity contribution in [2.75, 3.05) is 25.7 Å². The minimum absolute atomic E-state index is 0.0800. The Kier molecular flexibility index (Phi) is 4.55. The lowest BCUT2D eigenvalue weighted by Gasteiger charge is -2.32. The Morgan fingerprint density at radius 3 is 2.57 bits per heavy atom. The zero-order chi connectivity index (χ0) is 19.8. The van der Waals surface area contributed by atoms with Crippen molar-refractivity contribution in [2.45, 2.75) is 19.3 Å². The second-order valence-corrected chi connectivity index (χ2v) is 6.84. The minimum atomic E-state index is -0.441. The Morgan fingerprint density at radius 1 is 1.07 bits per heavy atom. The number of hydrogen-bond acceptors (Lipinski definition) is 5. The molecule has 0 unspecified atom stereocenters. The monoisotopic (exact) mass is 379 g/mol. The Hall–Kier alpha value is -3.28. The molecule has 0 aliphatic carbocycles. The average molecular weight is 379 g/mol. The number of aryl methyl sites for hydroxylation is 1. The summed E-state index contributed by atoms with van der Waals surface area (Å²) < 4.78 is 16.3. The van der Waals surface area contributed by atoms with Crippen LogP contribution in [0.15, 0.2) is 53.7 Å². The molecule has 0 bridgehead atoms. The summed E-state index contributed by atoms with van der Waals surface area (Å²) in [5.41, 5.74) is 3.63. The summed E-state index contributed by atoms with van der Waals surface area (Å²) in [7, 11) is 3.11. The number of ether oxygens (including phenoxy) is 3. The third-order valence-electron chi connectivity index (χ3n) is 5.19. The Morgan fingerprint density at radius 2 is 1.86 bits per heavy atom. The number of nitrogens with zero attached hydrogens (tertiary/aromatic N) is 1. The predicted molar refractivity (Wildman–Crippen MR) is 104 cm³/mol. The molecule has 4 rings (SSSR count). The molecule has 2 aromatic rings. The molecule has 6 heteroatoms. The summed E-state index contributed by atoms with van der Waals surface area (Å²) in [6.45, 7) is 2.05. The molecule has 0 spiro atoms. The van der Waals surface area contributed by atoms with Gasteiger partial charge < -0.3 is 14.2 Å². The van der Waals surface area contributed by atoms with Gasteiger partial charge in [0.2, 0.25) is 5.91 Å². The second-order valence-electron chi connectivity index (χ2n) is 6.84. The van der Waals surface area contributed by atoms with Gasteiger partial charge >= 0.3 is 5.97 Å². The van der Waals surface area contributed by atoms with Gasteiger partial charge in [0.1, 0.15) is 6.61 Å². The number of amides is 1. The van der Waals surface area contributed by atoms with Gasteiger partial charge in [-0.05, 0) is 30.7 Å². The van der Waals surface area contributed by atoms with Crippen molar-refractivity contribution in [1.29, 1.82) is 0 Å². The van der Waals surface area contributed by atoms with Crippen molar-refractivity contribution in [2.24, 2.45) is 0 Å². The number of rotatable bonds is 4. The van der Waals surface area contributed by atoms with Crippen LogP contribution in [0.4, 0.5) is 5.69 Å². The number of carbonyl (C=O) groups is 2. The third-order valence-corrected chi connectivity index (χ3v) is 5.19. The first kappa shape index (κ1) is 18.1. The van der Waals surface area contributed by atoms with E-state index in [9.17, 15) is 9.59 Å². The molecule has 2 aromatic carbocycles. The lowest BCUT2D eigenvalue weighted by Crippen LogP contribution is -2.37. The van der Waals surface area contributed by atoms with E-state index in [1.165, 1.54) is 0 Å². The van der Waals surface area contributed by atoms with Gasteiger partial charge in [-0.25, -0.2) is 4.79 Å². The van der Waals surface area contributed by atoms with Gasteiger partial charge in [0.05, 0.1) is 25.5 Å². The Bertz CT molecular complexity index is 994. The zero-order valence-electron chi connectivity index (χ0n) is 16.0. The highest BCUT2D eigenvalue weighted by atomic mass is 16.5. The Balaban J connectivity index is 1.87. The summed E-state index contributed by atoms with van der Waals surface area (Å²) in [5.74, 6) is 0.164. The predicted octanol–water partition coefficient (Wildman–Crippen LogP) is 3.34. The summed E-state index contributed by atoms with van der Waals surface area (Å²) in [4.78, 5) is 27.4. The van der Waals surface area contributed by atoms with Crippen LogP contribution >= 0.6 is 0 Å². The topological polar surface area (TPSA) is 65.1 Å². The van der Waals surface area contributed by atoms with E-state index in [1.54, 1.807) is 25.2 Å². The van der Waals surface area contributed by atoms with E-state index in [2.05, 4.69) is 0 Å². The van der Waals surface area contributed by atoms with Crippen LogP contribution in [-0.2, 0) is 14.3 Å². The van der Waals surface area contributed by atoms with Crippen LogP contribution in [0.25, 0.3) is 0 Å². The van der Waals surface area contributed by atoms with Crippen molar-refractivity contribution < 1.29 is 23.8 Å². The minimum Gasteiger partial charge on any atom is -0.493 e. The van der Waals surface area contributed by atoms with E-state index in [0.717, 1.165) is 16.8 Å². The van der Waals surface area contributed by atoms with E-state index in [0.29, 0.717) is 22.8 Å². The highest BCUT2D eigenvalue weighted by Crippen LogP contribution is 2.46. The Labute approximate surface area is 163 Å². The molecule has 0 saturated carbocycles. The molecule has 0 N–H and O–H groups in total. The van der Waals surface area contributed by atoms with E-state index >= 15 is 0 Å². The second kappa shape index (κ2) is 7.03. The van der Waals surface area contributed by atoms with Gasteiger partial charge in [0, 0.05) is 23.6 Å². The molecule has 0 aromatic heterocycles. The van der Waals surface area contributed by atoms with E-state index in [-0.39, 0.29) is 18.9 Å². The van der Waals surface area contributed by atoms with Gasteiger partial charge in [-0.2, -0.15) is 0 Å². The number of cyclic esters (lactones) is 1. The largest absolute Gasteiger partial charge is 0.493 e. The molecule has 0 radical (unpaired) electrons. The molecular weight excluding hydrogens is 358 g/mol. The van der Waals surface area contributed by atoms with Gasteiger partial charge in [0.25, 0.3) is 0 Å². The van der Waals surface area contributed by atoms with Crippen LogP contribution in [0.1, 0.15) is 23.5 Å². The summed E-state index contributed by atoms with van der Waals surface area (Å²) in [6, 6.07) is 13.1. The molecule has 28 heavy (non-hydrogen) atoms. The van der Waals surface area contributed by atoms with Gasteiger partial charge in [0.15, 0.2) is 11.5 Å². The molecule has 2 aliphatic rings. The van der Waals surface area contributed by atoms with Gasteiger partial charge in [-0.3, -0.25) is 9.69 Å². The zero-order valence-corrected chi connectivity index (χ0v) is 16.0. The first-order valence-electron chi connectivity index (χ1n) is 9.05. The van der Waals surface area contributed by atoms with Crippen LogP contribution < -0.4 is 14.4 Å². The summed E-state index contributed by atoms with van der Waals surface area (Å²) in [6.07, 6.45) is 0.144. The highest BCUT2D eigenvalue weighted by Gasteiger charge is 2.44. The molecule has 6 nitrogen and oxygen atoms in total. The maximum atomic E-state index is 13.1. The quantitative estimate of drug-likeness (QED) is 0.763. The highest BCUT2D eigenvalue weighted by molar-refractivity contribution is 6.06. The van der Waals surface area contributed by atoms with Crippen molar-refractivity contribution in [3.63, 3.8) is 0 Å². The standard InChI is InChI=1S/C22H21NO5/c1-13-6-4-7-14(10-13)23-17-12-28-22(25)20(17)16(11-19(23)24)15-8-5-9-18(26-2)21(15)27-3/h4-10,16H,11-12H2,1-3H3/t16-/m0/s1. The maximum absolute atomic E-state index is 13.1. The van der Waals surface area contributed by atoms with Crippen LogP contribution in [-0.4, -0.2) is 32.7 Å². The number of carbonyl (C=O) groups excluding carboxylic acids is 2. The van der Waals surface area contributed by atoms with E-state index in [1.807, 2.05) is 43.3 Å². The molecule has 0 saturated heterocycles. The van der Waals surface area contributed by atoms with E-state index < -0.39 is 11.9 Å². The summed E-state index contributed by atoms with van der Waals surface area (Å²) in [5, 5.41) is 0. The van der Waals surface area contributed by atoms with Crippen LogP contribution in [0.3, 0.4) is 0 Å². The molecule has 2 heterocycles. The fourth-order valence-electron chi connectivity index (χ4n) is 3.97. The van der Waals surface area contributed by atoms with Crippen molar-refractivity contribution in [1.82, 2.24) is 0 Å². The third kappa shape index (κ3) is 2.81. The molecule has 2 aliphatic heterocycles.